The van der Waals surface area contributed by atoms with Crippen LogP contribution in [-0.4, -0.2) is 0 Å². The number of hydrogen-bond acceptors (Lipinski definition) is 0. The van der Waals surface area contributed by atoms with Crippen molar-refractivity contribution in [2.24, 2.45) is 11.8 Å². The zero-order valence-corrected chi connectivity index (χ0v) is 18.5. The minimum atomic E-state index is 0.909. The molecule has 0 bridgehead atoms. The van der Waals surface area contributed by atoms with Crippen molar-refractivity contribution in [3.8, 4) is 0 Å². The predicted molar refractivity (Wildman–Crippen MR) is 117 cm³/mol. The van der Waals surface area contributed by atoms with Crippen molar-refractivity contribution in [3.05, 3.63) is 6.42 Å². The van der Waals surface area contributed by atoms with Crippen LogP contribution in [0.5, 0.6) is 0 Å². The second-order valence-electron chi connectivity index (χ2n) is 8.78. The van der Waals surface area contributed by atoms with Crippen molar-refractivity contribution in [1.29, 1.82) is 0 Å². The molecule has 0 aromatic rings. The molecule has 0 spiro atoms. The van der Waals surface area contributed by atoms with E-state index >= 15 is 0 Å². The topological polar surface area (TPSA) is 0 Å². The third kappa shape index (κ3) is 20.2. The fourth-order valence-electron chi connectivity index (χ4n) is 3.82. The third-order valence-electron chi connectivity index (χ3n) is 5.78. The van der Waals surface area contributed by atoms with Crippen molar-refractivity contribution < 1.29 is 0 Å². The Bertz CT molecular complexity index is 208. The Kier molecular flexibility index (Phi) is 20.3. The maximum atomic E-state index is 2.58. The second kappa shape index (κ2) is 20.3. The Balaban J connectivity index is 3.27. The van der Waals surface area contributed by atoms with Crippen molar-refractivity contribution >= 4 is 0 Å². The molecule has 2 unspecified atom stereocenters. The summed E-state index contributed by atoms with van der Waals surface area (Å²) in [5.74, 6) is 1.85. The van der Waals surface area contributed by atoms with Gasteiger partial charge in [0.15, 0.2) is 0 Å². The van der Waals surface area contributed by atoms with E-state index in [1.165, 1.54) is 116 Å². The van der Waals surface area contributed by atoms with Gasteiger partial charge in [-0.05, 0) is 24.7 Å². The van der Waals surface area contributed by atoms with Gasteiger partial charge in [-0.3, -0.25) is 0 Å². The van der Waals surface area contributed by atoms with Gasteiger partial charge in [-0.2, -0.15) is 0 Å². The van der Waals surface area contributed by atoms with E-state index in [0.717, 1.165) is 11.8 Å². The van der Waals surface area contributed by atoms with E-state index in [0.29, 0.717) is 0 Å². The average Bonchev–Trinajstić information content (AvgIpc) is 2.60. The Labute approximate surface area is 161 Å². The molecule has 0 saturated carbocycles. The van der Waals surface area contributed by atoms with Gasteiger partial charge in [-0.1, -0.05) is 137 Å². The summed E-state index contributed by atoms with van der Waals surface area (Å²) in [4.78, 5) is 0. The van der Waals surface area contributed by atoms with E-state index in [2.05, 4.69) is 34.1 Å². The summed E-state index contributed by atoms with van der Waals surface area (Å²) in [6.07, 6.45) is 28.3. The zero-order chi connectivity index (χ0) is 18.6. The molecular formula is C25H51. The summed E-state index contributed by atoms with van der Waals surface area (Å²) in [5.41, 5.74) is 0. The highest BCUT2D eigenvalue weighted by molar-refractivity contribution is 4.70. The van der Waals surface area contributed by atoms with Gasteiger partial charge in [-0.25, -0.2) is 0 Å². The van der Waals surface area contributed by atoms with E-state index < -0.39 is 0 Å². The molecule has 0 heteroatoms. The molecule has 2 atom stereocenters. The molecule has 0 saturated heterocycles. The lowest BCUT2D eigenvalue weighted by atomic mass is 9.93. The Morgan fingerprint density at radius 1 is 0.520 bits per heavy atom. The molecule has 0 aliphatic rings. The van der Waals surface area contributed by atoms with E-state index in [9.17, 15) is 0 Å². The van der Waals surface area contributed by atoms with Crippen LogP contribution in [0.15, 0.2) is 0 Å². The zero-order valence-electron chi connectivity index (χ0n) is 18.5. The molecule has 0 nitrogen and oxygen atoms in total. The van der Waals surface area contributed by atoms with Crippen molar-refractivity contribution in [2.75, 3.05) is 0 Å². The molecule has 0 amide bonds. The highest BCUT2D eigenvalue weighted by Gasteiger charge is 2.04. The van der Waals surface area contributed by atoms with Crippen molar-refractivity contribution in [3.63, 3.8) is 0 Å². The Hall–Kier alpha value is 0. The summed E-state index contributed by atoms with van der Waals surface area (Å²) in [6.45, 7) is 9.51. The van der Waals surface area contributed by atoms with Crippen molar-refractivity contribution in [2.45, 2.75) is 143 Å². The average molecular weight is 352 g/mol. The first kappa shape index (κ1) is 25.0. The SMILES string of the molecule is CCCCCCCCC(C)C[CH]CCCC(C)CCCCCCCC. The lowest BCUT2D eigenvalue weighted by Gasteiger charge is -2.13. The summed E-state index contributed by atoms with van der Waals surface area (Å²) in [7, 11) is 0. The van der Waals surface area contributed by atoms with Crippen LogP contribution in [-0.2, 0) is 0 Å². The van der Waals surface area contributed by atoms with E-state index in [1.54, 1.807) is 0 Å². The van der Waals surface area contributed by atoms with Gasteiger partial charge in [0, 0.05) is 0 Å². The normalized spacial score (nSPS) is 13.9. The fourth-order valence-corrected chi connectivity index (χ4v) is 3.82. The molecule has 0 fully saturated rings. The maximum absolute atomic E-state index is 2.58. The molecule has 25 heavy (non-hydrogen) atoms. The van der Waals surface area contributed by atoms with Crippen LogP contribution in [0.1, 0.15) is 143 Å². The van der Waals surface area contributed by atoms with E-state index in [-0.39, 0.29) is 0 Å². The van der Waals surface area contributed by atoms with Crippen molar-refractivity contribution in [1.82, 2.24) is 0 Å². The van der Waals surface area contributed by atoms with Gasteiger partial charge in [-0.15, -0.1) is 0 Å². The first-order valence-electron chi connectivity index (χ1n) is 12.0. The minimum absolute atomic E-state index is 0.909. The van der Waals surface area contributed by atoms with Crippen LogP contribution in [0, 0.1) is 18.3 Å². The van der Waals surface area contributed by atoms with Crippen LogP contribution in [0.25, 0.3) is 0 Å². The van der Waals surface area contributed by atoms with Crippen LogP contribution < -0.4 is 0 Å². The molecule has 151 valence electrons. The highest BCUT2D eigenvalue weighted by atomic mass is 14.1. The fraction of sp³-hybridized carbons (Fsp3) is 0.960. The van der Waals surface area contributed by atoms with Gasteiger partial charge in [0.1, 0.15) is 0 Å². The number of unbranched alkanes of at least 4 members (excludes halogenated alkanes) is 12. The molecule has 0 rings (SSSR count). The molecular weight excluding hydrogens is 300 g/mol. The highest BCUT2D eigenvalue weighted by Crippen LogP contribution is 2.20. The monoisotopic (exact) mass is 351 g/mol. The van der Waals surface area contributed by atoms with E-state index in [1.807, 2.05) is 0 Å². The summed E-state index contributed by atoms with van der Waals surface area (Å²) < 4.78 is 0. The van der Waals surface area contributed by atoms with Crippen LogP contribution >= 0.6 is 0 Å². The third-order valence-corrected chi connectivity index (χ3v) is 5.78. The summed E-state index contributed by atoms with van der Waals surface area (Å²) in [6, 6.07) is 0. The Morgan fingerprint density at radius 2 is 0.960 bits per heavy atom. The van der Waals surface area contributed by atoms with Crippen LogP contribution in [0.3, 0.4) is 0 Å². The van der Waals surface area contributed by atoms with Gasteiger partial charge in [0.2, 0.25) is 0 Å². The molecule has 0 aliphatic heterocycles. The molecule has 0 heterocycles. The second-order valence-corrected chi connectivity index (χ2v) is 8.78. The standard InChI is InChI=1S/C25H51/c1-5-7-9-11-13-16-20-24(3)22-18-15-19-23-25(4)21-17-14-12-10-8-6-2/h18,24-25H,5-17,19-23H2,1-4H3. The van der Waals surface area contributed by atoms with Gasteiger partial charge < -0.3 is 0 Å². The van der Waals surface area contributed by atoms with Gasteiger partial charge in [0.25, 0.3) is 0 Å². The molecule has 0 aliphatic carbocycles. The first-order chi connectivity index (χ1) is 12.2. The molecule has 0 aromatic carbocycles. The summed E-state index contributed by atoms with van der Waals surface area (Å²) in [5, 5.41) is 0. The molecule has 0 N–H and O–H groups in total. The van der Waals surface area contributed by atoms with Gasteiger partial charge >= 0.3 is 0 Å². The van der Waals surface area contributed by atoms with Crippen LogP contribution in [0.4, 0.5) is 0 Å². The number of hydrogen-bond donors (Lipinski definition) is 0. The maximum Gasteiger partial charge on any atom is -0.0383 e. The minimum Gasteiger partial charge on any atom is -0.0654 e. The quantitative estimate of drug-likeness (QED) is 0.191. The first-order valence-corrected chi connectivity index (χ1v) is 12.0. The van der Waals surface area contributed by atoms with E-state index in [4.69, 9.17) is 0 Å². The number of rotatable bonds is 20. The van der Waals surface area contributed by atoms with Gasteiger partial charge in [0.05, 0.1) is 0 Å². The smallest absolute Gasteiger partial charge is 0.0383 e. The lowest BCUT2D eigenvalue weighted by molar-refractivity contribution is 0.434. The molecule has 0 aromatic heterocycles. The predicted octanol–water partition coefficient (Wildman–Crippen LogP) is 9.52. The lowest BCUT2D eigenvalue weighted by Crippen LogP contribution is -1.98. The summed E-state index contributed by atoms with van der Waals surface area (Å²) >= 11 is 0. The Morgan fingerprint density at radius 3 is 1.52 bits per heavy atom. The largest absolute Gasteiger partial charge is 0.0654 e. The molecule has 1 radical (unpaired) electrons. The van der Waals surface area contributed by atoms with Crippen LogP contribution in [0.2, 0.25) is 0 Å².